The van der Waals surface area contributed by atoms with Crippen molar-refractivity contribution < 1.29 is 14.3 Å². The van der Waals surface area contributed by atoms with E-state index in [1.165, 1.54) is 0 Å². The third-order valence-electron chi connectivity index (χ3n) is 4.53. The molecular formula is C19H29N3O3. The SMILES string of the molecule is CCN(C[C@H]1CCCO1)C(=O)Nc1cccc(C(=O)N(CC)CC)c1. The van der Waals surface area contributed by atoms with E-state index in [0.29, 0.717) is 37.4 Å². The molecule has 0 spiro atoms. The molecule has 0 saturated carbocycles. The summed E-state index contributed by atoms with van der Waals surface area (Å²) in [6.07, 6.45) is 2.18. The van der Waals surface area contributed by atoms with Crippen LogP contribution in [-0.4, -0.2) is 60.6 Å². The van der Waals surface area contributed by atoms with Crippen LogP contribution in [-0.2, 0) is 4.74 Å². The molecular weight excluding hydrogens is 318 g/mol. The quantitative estimate of drug-likeness (QED) is 0.824. The van der Waals surface area contributed by atoms with Crippen molar-refractivity contribution in [2.24, 2.45) is 0 Å². The number of likely N-dealkylation sites (N-methyl/N-ethyl adjacent to an activating group) is 1. The Morgan fingerprint density at radius 3 is 2.48 bits per heavy atom. The second kappa shape index (κ2) is 9.42. The Labute approximate surface area is 150 Å². The summed E-state index contributed by atoms with van der Waals surface area (Å²) in [5, 5.41) is 2.90. The van der Waals surface area contributed by atoms with Gasteiger partial charge in [-0.25, -0.2) is 4.79 Å². The van der Waals surface area contributed by atoms with E-state index in [1.54, 1.807) is 34.1 Å². The number of ether oxygens (including phenoxy) is 1. The number of carbonyl (C=O) groups is 2. The molecule has 1 aliphatic heterocycles. The second-order valence-corrected chi connectivity index (χ2v) is 6.16. The first-order chi connectivity index (χ1) is 12.1. The molecule has 0 aliphatic carbocycles. The summed E-state index contributed by atoms with van der Waals surface area (Å²) in [5.74, 6) is -0.0206. The van der Waals surface area contributed by atoms with Gasteiger partial charge in [0.25, 0.3) is 5.91 Å². The van der Waals surface area contributed by atoms with Crippen molar-refractivity contribution in [2.75, 3.05) is 38.1 Å². The predicted octanol–water partition coefficient (Wildman–Crippen LogP) is 3.20. The standard InChI is InChI=1S/C19H29N3O3/c1-4-21(5-2)18(23)15-9-7-10-16(13-15)20-19(24)22(6-3)14-17-11-8-12-25-17/h7,9-10,13,17H,4-6,8,11-12,14H2,1-3H3,(H,20,24)/t17-/m1/s1. The van der Waals surface area contributed by atoms with Gasteiger partial charge in [-0.2, -0.15) is 0 Å². The van der Waals surface area contributed by atoms with Crippen molar-refractivity contribution in [3.63, 3.8) is 0 Å². The van der Waals surface area contributed by atoms with E-state index >= 15 is 0 Å². The molecule has 0 aromatic heterocycles. The maximum absolute atomic E-state index is 12.5. The maximum atomic E-state index is 12.5. The van der Waals surface area contributed by atoms with Gasteiger partial charge < -0.3 is 19.9 Å². The Hall–Kier alpha value is -2.08. The van der Waals surface area contributed by atoms with E-state index in [1.807, 2.05) is 20.8 Å². The molecule has 1 atom stereocenters. The van der Waals surface area contributed by atoms with Crippen LogP contribution in [0.4, 0.5) is 10.5 Å². The van der Waals surface area contributed by atoms with Gasteiger partial charge in [-0.1, -0.05) is 6.07 Å². The van der Waals surface area contributed by atoms with Crippen molar-refractivity contribution >= 4 is 17.6 Å². The number of nitrogens with one attached hydrogen (secondary N) is 1. The summed E-state index contributed by atoms with van der Waals surface area (Å²) in [6, 6.07) is 6.95. The smallest absolute Gasteiger partial charge is 0.321 e. The number of amides is 3. The summed E-state index contributed by atoms with van der Waals surface area (Å²) >= 11 is 0. The lowest BCUT2D eigenvalue weighted by atomic mass is 10.1. The molecule has 0 radical (unpaired) electrons. The van der Waals surface area contributed by atoms with E-state index in [-0.39, 0.29) is 18.0 Å². The number of hydrogen-bond donors (Lipinski definition) is 1. The summed E-state index contributed by atoms with van der Waals surface area (Å²) in [4.78, 5) is 28.5. The van der Waals surface area contributed by atoms with Crippen molar-refractivity contribution in [3.05, 3.63) is 29.8 Å². The molecule has 1 aliphatic rings. The topological polar surface area (TPSA) is 61.9 Å². The molecule has 25 heavy (non-hydrogen) atoms. The molecule has 6 heteroatoms. The zero-order valence-electron chi connectivity index (χ0n) is 15.5. The molecule has 1 saturated heterocycles. The number of anilines is 1. The number of nitrogens with zero attached hydrogens (tertiary/aromatic N) is 2. The largest absolute Gasteiger partial charge is 0.376 e. The van der Waals surface area contributed by atoms with Crippen LogP contribution in [0.25, 0.3) is 0 Å². The Morgan fingerprint density at radius 1 is 1.16 bits per heavy atom. The highest BCUT2D eigenvalue weighted by atomic mass is 16.5. The number of rotatable bonds is 7. The van der Waals surface area contributed by atoms with Crippen molar-refractivity contribution in [1.29, 1.82) is 0 Å². The molecule has 1 fully saturated rings. The highest BCUT2D eigenvalue weighted by Crippen LogP contribution is 2.16. The number of urea groups is 1. The van der Waals surface area contributed by atoms with Crippen molar-refractivity contribution in [2.45, 2.75) is 39.7 Å². The fourth-order valence-electron chi connectivity index (χ4n) is 3.02. The Kier molecular flexibility index (Phi) is 7.25. The van der Waals surface area contributed by atoms with E-state index in [0.717, 1.165) is 19.4 Å². The predicted molar refractivity (Wildman–Crippen MR) is 98.9 cm³/mol. The van der Waals surface area contributed by atoms with Crippen LogP contribution >= 0.6 is 0 Å². The molecule has 0 bridgehead atoms. The number of benzene rings is 1. The Balaban J connectivity index is 2.02. The van der Waals surface area contributed by atoms with E-state index in [2.05, 4.69) is 5.32 Å². The van der Waals surface area contributed by atoms with Gasteiger partial charge in [-0.05, 0) is 51.8 Å². The number of carbonyl (C=O) groups excluding carboxylic acids is 2. The van der Waals surface area contributed by atoms with Gasteiger partial charge in [0.2, 0.25) is 0 Å². The molecule has 2 rings (SSSR count). The van der Waals surface area contributed by atoms with Gasteiger partial charge in [0.05, 0.1) is 6.10 Å². The zero-order valence-corrected chi connectivity index (χ0v) is 15.5. The van der Waals surface area contributed by atoms with Crippen LogP contribution in [0.5, 0.6) is 0 Å². The number of hydrogen-bond acceptors (Lipinski definition) is 3. The molecule has 1 heterocycles. The molecule has 1 aromatic carbocycles. The lowest BCUT2D eigenvalue weighted by Crippen LogP contribution is -2.40. The minimum absolute atomic E-state index is 0.0206. The average molecular weight is 347 g/mol. The van der Waals surface area contributed by atoms with E-state index in [9.17, 15) is 9.59 Å². The molecule has 1 aromatic rings. The van der Waals surface area contributed by atoms with Crippen LogP contribution in [0.15, 0.2) is 24.3 Å². The van der Waals surface area contributed by atoms with Gasteiger partial charge in [0.1, 0.15) is 0 Å². The van der Waals surface area contributed by atoms with Crippen LogP contribution in [0.2, 0.25) is 0 Å². The second-order valence-electron chi connectivity index (χ2n) is 6.16. The summed E-state index contributed by atoms with van der Waals surface area (Å²) in [6.45, 7) is 9.18. The fraction of sp³-hybridized carbons (Fsp3) is 0.579. The lowest BCUT2D eigenvalue weighted by Gasteiger charge is -2.24. The van der Waals surface area contributed by atoms with Crippen LogP contribution in [0.3, 0.4) is 0 Å². The Bertz CT molecular complexity index is 581. The highest BCUT2D eigenvalue weighted by Gasteiger charge is 2.22. The van der Waals surface area contributed by atoms with E-state index in [4.69, 9.17) is 4.74 Å². The van der Waals surface area contributed by atoms with Gasteiger partial charge in [0, 0.05) is 44.0 Å². The summed E-state index contributed by atoms with van der Waals surface area (Å²) in [7, 11) is 0. The maximum Gasteiger partial charge on any atom is 0.321 e. The van der Waals surface area contributed by atoms with Gasteiger partial charge in [0.15, 0.2) is 0 Å². The first-order valence-electron chi connectivity index (χ1n) is 9.15. The first-order valence-corrected chi connectivity index (χ1v) is 9.15. The third kappa shape index (κ3) is 5.19. The van der Waals surface area contributed by atoms with Gasteiger partial charge >= 0.3 is 6.03 Å². The van der Waals surface area contributed by atoms with Gasteiger partial charge in [-0.3, -0.25) is 4.79 Å². The fourth-order valence-corrected chi connectivity index (χ4v) is 3.02. The van der Waals surface area contributed by atoms with Gasteiger partial charge in [-0.15, -0.1) is 0 Å². The molecule has 0 unspecified atom stereocenters. The first kappa shape index (κ1) is 19.2. The summed E-state index contributed by atoms with van der Waals surface area (Å²) < 4.78 is 5.62. The van der Waals surface area contributed by atoms with Crippen LogP contribution in [0, 0.1) is 0 Å². The monoisotopic (exact) mass is 347 g/mol. The normalized spacial score (nSPS) is 16.5. The summed E-state index contributed by atoms with van der Waals surface area (Å²) in [5.41, 5.74) is 1.22. The minimum atomic E-state index is -0.162. The molecule has 138 valence electrons. The highest BCUT2D eigenvalue weighted by molar-refractivity contribution is 5.96. The van der Waals surface area contributed by atoms with Crippen LogP contribution < -0.4 is 5.32 Å². The van der Waals surface area contributed by atoms with Crippen LogP contribution in [0.1, 0.15) is 44.0 Å². The molecule has 6 nitrogen and oxygen atoms in total. The lowest BCUT2D eigenvalue weighted by molar-refractivity contribution is 0.0773. The van der Waals surface area contributed by atoms with E-state index < -0.39 is 0 Å². The molecule has 1 N–H and O–H groups in total. The zero-order chi connectivity index (χ0) is 18.2. The molecule has 3 amide bonds. The minimum Gasteiger partial charge on any atom is -0.376 e. The van der Waals surface area contributed by atoms with Crippen molar-refractivity contribution in [1.82, 2.24) is 9.80 Å². The Morgan fingerprint density at radius 2 is 1.88 bits per heavy atom. The third-order valence-corrected chi connectivity index (χ3v) is 4.53. The average Bonchev–Trinajstić information content (AvgIpc) is 3.14. The van der Waals surface area contributed by atoms with Crippen molar-refractivity contribution in [3.8, 4) is 0 Å².